The lowest BCUT2D eigenvalue weighted by molar-refractivity contribution is -0.130. The lowest BCUT2D eigenvalue weighted by Crippen LogP contribution is -2.32. The van der Waals surface area contributed by atoms with Crippen LogP contribution >= 0.6 is 0 Å². The van der Waals surface area contributed by atoms with Gasteiger partial charge in [0.15, 0.2) is 0 Å². The van der Waals surface area contributed by atoms with Gasteiger partial charge in [0, 0.05) is 33.7 Å². The van der Waals surface area contributed by atoms with E-state index in [-0.39, 0.29) is 17.7 Å². The Bertz CT molecular complexity index is 479. The zero-order chi connectivity index (χ0) is 13.1. The molecule has 18 heavy (non-hydrogen) atoms. The van der Waals surface area contributed by atoms with E-state index in [1.807, 2.05) is 0 Å². The topological polar surface area (TPSA) is 69.4 Å². The predicted molar refractivity (Wildman–Crippen MR) is 64.1 cm³/mol. The molecule has 2 rings (SSSR count). The maximum Gasteiger partial charge on any atom is 0.345 e. The van der Waals surface area contributed by atoms with Crippen molar-refractivity contribution in [1.29, 1.82) is 0 Å². The number of likely N-dealkylation sites (tertiary alicyclic amines) is 1. The number of hydrogen-bond donors (Lipinski definition) is 0. The molecule has 1 fully saturated rings. The first-order valence-electron chi connectivity index (χ1n) is 6.01. The van der Waals surface area contributed by atoms with Crippen molar-refractivity contribution in [1.82, 2.24) is 19.2 Å². The van der Waals surface area contributed by atoms with Crippen LogP contribution in [0.15, 0.2) is 11.1 Å². The summed E-state index contributed by atoms with van der Waals surface area (Å²) in [6.07, 6.45) is 2.77. The SMILES string of the molecule is CO[C@H]1CCN(C(=O)CCn2ncn(C)c2=O)C1. The molecule has 1 aliphatic rings. The second kappa shape index (κ2) is 5.34. The minimum absolute atomic E-state index is 0.0482. The van der Waals surface area contributed by atoms with Gasteiger partial charge in [-0.25, -0.2) is 9.48 Å². The molecule has 1 saturated heterocycles. The van der Waals surface area contributed by atoms with Crippen LogP contribution < -0.4 is 5.69 Å². The van der Waals surface area contributed by atoms with Gasteiger partial charge in [-0.15, -0.1) is 0 Å². The number of carbonyl (C=O) groups is 1. The summed E-state index contributed by atoms with van der Waals surface area (Å²) >= 11 is 0. The van der Waals surface area contributed by atoms with Crippen molar-refractivity contribution in [3.63, 3.8) is 0 Å². The number of carbonyl (C=O) groups excluding carboxylic acids is 1. The normalized spacial score (nSPS) is 19.4. The fourth-order valence-electron chi connectivity index (χ4n) is 2.08. The van der Waals surface area contributed by atoms with E-state index in [9.17, 15) is 9.59 Å². The standard InChI is InChI=1S/C11H18N4O3/c1-13-8-12-15(11(13)17)6-4-10(16)14-5-3-9(7-14)18-2/h8-9H,3-7H2,1-2H3/t9-/m0/s1. The Labute approximate surface area is 105 Å². The van der Waals surface area contributed by atoms with E-state index in [4.69, 9.17) is 4.74 Å². The summed E-state index contributed by atoms with van der Waals surface area (Å²) in [7, 11) is 3.30. The number of nitrogens with zero attached hydrogens (tertiary/aromatic N) is 4. The van der Waals surface area contributed by atoms with Gasteiger partial charge in [0.2, 0.25) is 5.91 Å². The van der Waals surface area contributed by atoms with Crippen molar-refractivity contribution in [3.05, 3.63) is 16.8 Å². The van der Waals surface area contributed by atoms with E-state index in [1.54, 1.807) is 19.1 Å². The van der Waals surface area contributed by atoms with Crippen LogP contribution in [-0.2, 0) is 23.1 Å². The fourth-order valence-corrected chi connectivity index (χ4v) is 2.08. The summed E-state index contributed by atoms with van der Waals surface area (Å²) in [5.41, 5.74) is -0.195. The largest absolute Gasteiger partial charge is 0.380 e. The van der Waals surface area contributed by atoms with Gasteiger partial charge >= 0.3 is 5.69 Å². The summed E-state index contributed by atoms with van der Waals surface area (Å²) in [5, 5.41) is 3.92. The fraction of sp³-hybridized carbons (Fsp3) is 0.727. The van der Waals surface area contributed by atoms with Crippen LogP contribution in [0, 0.1) is 0 Å². The third-order valence-corrected chi connectivity index (χ3v) is 3.26. The van der Waals surface area contributed by atoms with Gasteiger partial charge in [0.1, 0.15) is 6.33 Å². The molecule has 0 spiro atoms. The van der Waals surface area contributed by atoms with E-state index in [1.165, 1.54) is 15.6 Å². The van der Waals surface area contributed by atoms with E-state index in [0.717, 1.165) is 13.0 Å². The molecule has 7 nitrogen and oxygen atoms in total. The highest BCUT2D eigenvalue weighted by molar-refractivity contribution is 5.76. The van der Waals surface area contributed by atoms with Crippen LogP contribution in [0.5, 0.6) is 0 Å². The van der Waals surface area contributed by atoms with Crippen molar-refractivity contribution in [2.75, 3.05) is 20.2 Å². The van der Waals surface area contributed by atoms with Crippen molar-refractivity contribution in [2.24, 2.45) is 7.05 Å². The van der Waals surface area contributed by atoms with Crippen LogP contribution in [0.2, 0.25) is 0 Å². The highest BCUT2D eigenvalue weighted by atomic mass is 16.5. The summed E-state index contributed by atoms with van der Waals surface area (Å²) in [6.45, 7) is 1.70. The molecule has 0 unspecified atom stereocenters. The lowest BCUT2D eigenvalue weighted by Gasteiger charge is -2.15. The lowest BCUT2D eigenvalue weighted by atomic mass is 10.3. The molecule has 1 amide bonds. The Morgan fingerprint density at radius 1 is 1.61 bits per heavy atom. The smallest absolute Gasteiger partial charge is 0.345 e. The number of amides is 1. The number of aromatic nitrogens is 3. The monoisotopic (exact) mass is 254 g/mol. The Kier molecular flexibility index (Phi) is 3.81. The van der Waals surface area contributed by atoms with Crippen LogP contribution in [-0.4, -0.2) is 51.5 Å². The van der Waals surface area contributed by atoms with E-state index in [2.05, 4.69) is 5.10 Å². The average Bonchev–Trinajstić information content (AvgIpc) is 2.96. The summed E-state index contributed by atoms with van der Waals surface area (Å²) in [6, 6.07) is 0. The molecule has 0 saturated carbocycles. The molecule has 1 aliphatic heterocycles. The van der Waals surface area contributed by atoms with Crippen LogP contribution in [0.4, 0.5) is 0 Å². The van der Waals surface area contributed by atoms with Gasteiger partial charge in [0.05, 0.1) is 12.6 Å². The molecular weight excluding hydrogens is 236 g/mol. The Morgan fingerprint density at radius 3 is 2.94 bits per heavy atom. The minimum Gasteiger partial charge on any atom is -0.380 e. The quantitative estimate of drug-likeness (QED) is 0.706. The number of aryl methyl sites for hydroxylation is 2. The minimum atomic E-state index is -0.195. The molecule has 0 N–H and O–H groups in total. The molecule has 2 heterocycles. The van der Waals surface area contributed by atoms with Crippen molar-refractivity contribution >= 4 is 5.91 Å². The molecule has 0 bridgehead atoms. The number of hydrogen-bond acceptors (Lipinski definition) is 4. The third-order valence-electron chi connectivity index (χ3n) is 3.26. The number of ether oxygens (including phenoxy) is 1. The van der Waals surface area contributed by atoms with E-state index < -0.39 is 0 Å². The molecule has 7 heteroatoms. The second-order valence-corrected chi connectivity index (χ2v) is 4.48. The zero-order valence-corrected chi connectivity index (χ0v) is 10.7. The summed E-state index contributed by atoms with van der Waals surface area (Å²) in [4.78, 5) is 25.2. The number of rotatable bonds is 4. The van der Waals surface area contributed by atoms with Gasteiger partial charge < -0.3 is 9.64 Å². The van der Waals surface area contributed by atoms with E-state index in [0.29, 0.717) is 19.5 Å². The molecule has 0 radical (unpaired) electrons. The molecule has 100 valence electrons. The molecule has 1 atom stereocenters. The molecule has 0 aromatic carbocycles. The molecule has 1 aromatic rings. The van der Waals surface area contributed by atoms with Gasteiger partial charge in [0.25, 0.3) is 0 Å². The van der Waals surface area contributed by atoms with Crippen LogP contribution in [0.25, 0.3) is 0 Å². The third kappa shape index (κ3) is 2.61. The summed E-state index contributed by atoms with van der Waals surface area (Å²) in [5.74, 6) is 0.0482. The van der Waals surface area contributed by atoms with Crippen molar-refractivity contribution in [2.45, 2.75) is 25.5 Å². The van der Waals surface area contributed by atoms with Gasteiger partial charge in [-0.1, -0.05) is 0 Å². The Hall–Kier alpha value is -1.63. The second-order valence-electron chi connectivity index (χ2n) is 4.48. The maximum atomic E-state index is 11.9. The molecule has 0 aliphatic carbocycles. The highest BCUT2D eigenvalue weighted by Crippen LogP contribution is 2.12. The van der Waals surface area contributed by atoms with Gasteiger partial charge in [-0.3, -0.25) is 9.36 Å². The summed E-state index contributed by atoms with van der Waals surface area (Å²) < 4.78 is 7.91. The Morgan fingerprint density at radius 2 is 2.39 bits per heavy atom. The van der Waals surface area contributed by atoms with Gasteiger partial charge in [-0.2, -0.15) is 5.10 Å². The van der Waals surface area contributed by atoms with E-state index >= 15 is 0 Å². The van der Waals surface area contributed by atoms with Crippen molar-refractivity contribution < 1.29 is 9.53 Å². The molecule has 1 aromatic heterocycles. The first-order valence-corrected chi connectivity index (χ1v) is 6.01. The molecular formula is C11H18N4O3. The van der Waals surface area contributed by atoms with Gasteiger partial charge in [-0.05, 0) is 6.42 Å². The maximum absolute atomic E-state index is 11.9. The first-order chi connectivity index (χ1) is 8.61. The predicted octanol–water partition coefficient (Wildman–Crippen LogP) is -0.781. The first kappa shape index (κ1) is 12.8. The van der Waals surface area contributed by atoms with Crippen LogP contribution in [0.3, 0.4) is 0 Å². The highest BCUT2D eigenvalue weighted by Gasteiger charge is 2.25. The van der Waals surface area contributed by atoms with Crippen molar-refractivity contribution in [3.8, 4) is 0 Å². The Balaban J connectivity index is 1.86. The number of methoxy groups -OCH3 is 1. The zero-order valence-electron chi connectivity index (χ0n) is 10.7. The van der Waals surface area contributed by atoms with Crippen LogP contribution in [0.1, 0.15) is 12.8 Å². The average molecular weight is 254 g/mol.